The second-order valence-corrected chi connectivity index (χ2v) is 7.97. The number of carbonyl (C=O) groups excluding carboxylic acids is 2. The standard InChI is InChI=1S/C24H30N4O4/c1-16(2)25-24(30)27(3)15-23(29)28-22(17-9-11-19(31-4)12-10-17)14-21(26-28)18-7-6-8-20(13-18)32-5/h6-13,16,22H,14-15H2,1-5H3,(H,25,30)/t22-/m0/s1. The molecule has 3 amide bonds. The lowest BCUT2D eigenvalue weighted by Gasteiger charge is -2.25. The lowest BCUT2D eigenvalue weighted by atomic mass is 9.98. The third-order valence-electron chi connectivity index (χ3n) is 5.20. The predicted octanol–water partition coefficient (Wildman–Crippen LogP) is 3.43. The Labute approximate surface area is 188 Å². The molecule has 0 radical (unpaired) electrons. The highest BCUT2D eigenvalue weighted by Gasteiger charge is 2.34. The Bertz CT molecular complexity index is 988. The number of rotatable bonds is 7. The van der Waals surface area contributed by atoms with Gasteiger partial charge in [0.2, 0.25) is 0 Å². The van der Waals surface area contributed by atoms with Gasteiger partial charge in [0.15, 0.2) is 0 Å². The zero-order valence-electron chi connectivity index (χ0n) is 19.2. The molecule has 170 valence electrons. The SMILES string of the molecule is COc1ccc([C@@H]2CC(c3cccc(OC)c3)=NN2C(=O)CN(C)C(=O)NC(C)C)cc1. The highest BCUT2D eigenvalue weighted by atomic mass is 16.5. The molecule has 0 aliphatic carbocycles. The summed E-state index contributed by atoms with van der Waals surface area (Å²) in [6.45, 7) is 3.66. The van der Waals surface area contributed by atoms with Gasteiger partial charge in [-0.1, -0.05) is 24.3 Å². The largest absolute Gasteiger partial charge is 0.497 e. The Hall–Kier alpha value is -3.55. The van der Waals surface area contributed by atoms with Gasteiger partial charge < -0.3 is 19.7 Å². The molecule has 1 N–H and O–H groups in total. The monoisotopic (exact) mass is 438 g/mol. The highest BCUT2D eigenvalue weighted by molar-refractivity contribution is 6.03. The molecule has 0 saturated carbocycles. The molecule has 0 unspecified atom stereocenters. The maximum Gasteiger partial charge on any atom is 0.317 e. The van der Waals surface area contributed by atoms with Gasteiger partial charge in [-0.3, -0.25) is 4.79 Å². The summed E-state index contributed by atoms with van der Waals surface area (Å²) in [5.74, 6) is 1.20. The average molecular weight is 439 g/mol. The van der Waals surface area contributed by atoms with Crippen LogP contribution >= 0.6 is 0 Å². The maximum atomic E-state index is 13.2. The van der Waals surface area contributed by atoms with E-state index in [2.05, 4.69) is 10.4 Å². The van der Waals surface area contributed by atoms with Crippen molar-refractivity contribution < 1.29 is 19.1 Å². The molecule has 1 heterocycles. The van der Waals surface area contributed by atoms with Crippen molar-refractivity contribution in [3.8, 4) is 11.5 Å². The zero-order valence-corrected chi connectivity index (χ0v) is 19.2. The van der Waals surface area contributed by atoms with E-state index < -0.39 is 0 Å². The molecule has 1 aliphatic heterocycles. The molecule has 0 saturated heterocycles. The molecule has 0 bridgehead atoms. The van der Waals surface area contributed by atoms with Gasteiger partial charge in [-0.05, 0) is 43.7 Å². The molecular weight excluding hydrogens is 408 g/mol. The minimum atomic E-state index is -0.300. The summed E-state index contributed by atoms with van der Waals surface area (Å²) in [5.41, 5.74) is 2.62. The molecule has 2 aromatic rings. The van der Waals surface area contributed by atoms with Crippen molar-refractivity contribution in [2.24, 2.45) is 5.10 Å². The van der Waals surface area contributed by atoms with Gasteiger partial charge in [0, 0.05) is 25.1 Å². The lowest BCUT2D eigenvalue weighted by Crippen LogP contribution is -2.45. The molecule has 0 fully saturated rings. The van der Waals surface area contributed by atoms with Gasteiger partial charge in [-0.15, -0.1) is 0 Å². The zero-order chi connectivity index (χ0) is 23.3. The minimum absolute atomic E-state index is 0.0171. The van der Waals surface area contributed by atoms with Crippen LogP contribution in [0.2, 0.25) is 0 Å². The Morgan fingerprint density at radius 3 is 2.44 bits per heavy atom. The smallest absolute Gasteiger partial charge is 0.317 e. The summed E-state index contributed by atoms with van der Waals surface area (Å²) in [7, 11) is 4.83. The molecule has 1 atom stereocenters. The number of methoxy groups -OCH3 is 2. The van der Waals surface area contributed by atoms with E-state index in [0.717, 1.165) is 28.3 Å². The maximum absolute atomic E-state index is 13.2. The number of likely N-dealkylation sites (N-methyl/N-ethyl adjacent to an activating group) is 1. The third-order valence-corrected chi connectivity index (χ3v) is 5.20. The quantitative estimate of drug-likeness (QED) is 0.718. The van der Waals surface area contributed by atoms with Crippen LogP contribution in [0.15, 0.2) is 53.6 Å². The Balaban J connectivity index is 1.88. The van der Waals surface area contributed by atoms with Gasteiger partial charge in [-0.2, -0.15) is 5.10 Å². The first kappa shape index (κ1) is 23.1. The number of nitrogens with zero attached hydrogens (tertiary/aromatic N) is 3. The van der Waals surface area contributed by atoms with Crippen LogP contribution < -0.4 is 14.8 Å². The van der Waals surface area contributed by atoms with Crippen molar-refractivity contribution in [3.05, 3.63) is 59.7 Å². The topological polar surface area (TPSA) is 83.5 Å². The number of hydrogen-bond acceptors (Lipinski definition) is 5. The molecular formula is C24H30N4O4. The minimum Gasteiger partial charge on any atom is -0.497 e. The second-order valence-electron chi connectivity index (χ2n) is 7.97. The first-order valence-electron chi connectivity index (χ1n) is 10.5. The summed E-state index contributed by atoms with van der Waals surface area (Å²) in [4.78, 5) is 26.8. The molecule has 0 aromatic heterocycles. The van der Waals surface area contributed by atoms with Crippen LogP contribution in [0.4, 0.5) is 4.79 Å². The van der Waals surface area contributed by atoms with Gasteiger partial charge in [0.1, 0.15) is 18.0 Å². The van der Waals surface area contributed by atoms with E-state index in [1.807, 2.05) is 62.4 Å². The number of hydrazone groups is 1. The van der Waals surface area contributed by atoms with Crippen molar-refractivity contribution in [2.45, 2.75) is 32.4 Å². The van der Waals surface area contributed by atoms with E-state index >= 15 is 0 Å². The fourth-order valence-electron chi connectivity index (χ4n) is 3.51. The number of amides is 3. The third kappa shape index (κ3) is 5.38. The predicted molar refractivity (Wildman–Crippen MR) is 123 cm³/mol. The molecule has 32 heavy (non-hydrogen) atoms. The average Bonchev–Trinajstić information content (AvgIpc) is 3.24. The summed E-state index contributed by atoms with van der Waals surface area (Å²) < 4.78 is 10.6. The lowest BCUT2D eigenvalue weighted by molar-refractivity contribution is -0.133. The first-order valence-corrected chi connectivity index (χ1v) is 10.5. The van der Waals surface area contributed by atoms with E-state index in [1.54, 1.807) is 21.3 Å². The van der Waals surface area contributed by atoms with E-state index in [4.69, 9.17) is 9.47 Å². The number of urea groups is 1. The summed E-state index contributed by atoms with van der Waals surface area (Å²) in [5, 5.41) is 8.94. The van der Waals surface area contributed by atoms with Crippen molar-refractivity contribution in [3.63, 3.8) is 0 Å². The van der Waals surface area contributed by atoms with Crippen molar-refractivity contribution in [1.29, 1.82) is 0 Å². The van der Waals surface area contributed by atoms with Gasteiger partial charge in [0.25, 0.3) is 5.91 Å². The number of carbonyl (C=O) groups is 2. The van der Waals surface area contributed by atoms with Crippen molar-refractivity contribution >= 4 is 17.6 Å². The summed E-state index contributed by atoms with van der Waals surface area (Å²) >= 11 is 0. The number of benzene rings is 2. The Morgan fingerprint density at radius 2 is 1.81 bits per heavy atom. The van der Waals surface area contributed by atoms with E-state index in [0.29, 0.717) is 6.42 Å². The van der Waals surface area contributed by atoms with Gasteiger partial charge in [0.05, 0.1) is 26.0 Å². The van der Waals surface area contributed by atoms with Crippen molar-refractivity contribution in [1.82, 2.24) is 15.2 Å². The highest BCUT2D eigenvalue weighted by Crippen LogP contribution is 2.34. The van der Waals surface area contributed by atoms with Gasteiger partial charge >= 0.3 is 6.03 Å². The van der Waals surface area contributed by atoms with Crippen molar-refractivity contribution in [2.75, 3.05) is 27.8 Å². The molecule has 2 aromatic carbocycles. The van der Waals surface area contributed by atoms with E-state index in [-0.39, 0.29) is 30.6 Å². The fraction of sp³-hybridized carbons (Fsp3) is 0.375. The van der Waals surface area contributed by atoms with Crippen LogP contribution in [0.5, 0.6) is 11.5 Å². The van der Waals surface area contributed by atoms with Crippen LogP contribution in [0.3, 0.4) is 0 Å². The molecule has 8 heteroatoms. The fourth-order valence-corrected chi connectivity index (χ4v) is 3.51. The van der Waals surface area contributed by atoms with Crippen LogP contribution in [-0.4, -0.2) is 61.4 Å². The summed E-state index contributed by atoms with van der Waals surface area (Å²) in [6.07, 6.45) is 0.549. The molecule has 0 spiro atoms. The number of ether oxygens (including phenoxy) is 2. The molecule has 3 rings (SSSR count). The Morgan fingerprint density at radius 1 is 1.12 bits per heavy atom. The first-order chi connectivity index (χ1) is 15.3. The molecule has 1 aliphatic rings. The number of nitrogens with one attached hydrogen (secondary N) is 1. The van der Waals surface area contributed by atoms with E-state index in [9.17, 15) is 9.59 Å². The van der Waals surface area contributed by atoms with Crippen LogP contribution in [0.1, 0.15) is 37.4 Å². The van der Waals surface area contributed by atoms with Crippen LogP contribution in [-0.2, 0) is 4.79 Å². The normalized spacial score (nSPS) is 15.4. The van der Waals surface area contributed by atoms with E-state index in [1.165, 1.54) is 9.91 Å². The second kappa shape index (κ2) is 10.2. The number of hydrogen-bond donors (Lipinski definition) is 1. The molecule has 8 nitrogen and oxygen atoms in total. The Kier molecular flexibility index (Phi) is 7.35. The summed E-state index contributed by atoms with van der Waals surface area (Å²) in [6, 6.07) is 14.6. The van der Waals surface area contributed by atoms with Crippen LogP contribution in [0, 0.1) is 0 Å². The van der Waals surface area contributed by atoms with Crippen LogP contribution in [0.25, 0.3) is 0 Å². The van der Waals surface area contributed by atoms with Gasteiger partial charge in [-0.25, -0.2) is 9.80 Å².